The quantitative estimate of drug-likeness (QED) is 0.405. The number of aryl methyl sites for hydroxylation is 1. The minimum atomic E-state index is -0.440. The van der Waals surface area contributed by atoms with Crippen molar-refractivity contribution in [2.24, 2.45) is 5.92 Å². The fraction of sp³-hybridized carbons (Fsp3) is 0.296. The number of ether oxygens (including phenoxy) is 2. The highest BCUT2D eigenvalue weighted by molar-refractivity contribution is 5.96. The molecule has 0 bridgehead atoms. The Morgan fingerprint density at radius 2 is 2.14 bits per heavy atom. The molecule has 0 spiro atoms. The number of fused-ring (bicyclic) bond motifs is 1. The van der Waals surface area contributed by atoms with E-state index in [1.165, 1.54) is 13.2 Å². The van der Waals surface area contributed by atoms with Crippen LogP contribution in [0.5, 0.6) is 5.75 Å². The number of nitrogens with one attached hydrogen (secondary N) is 1. The van der Waals surface area contributed by atoms with E-state index in [1.807, 2.05) is 36.6 Å². The van der Waals surface area contributed by atoms with E-state index < -0.39 is 5.82 Å². The maximum atomic E-state index is 14.3. The zero-order chi connectivity index (χ0) is 25.2. The molecule has 8 nitrogen and oxygen atoms in total. The number of methoxy groups -OCH3 is 1. The van der Waals surface area contributed by atoms with Crippen molar-refractivity contribution in [3.8, 4) is 17.0 Å². The first-order chi connectivity index (χ1) is 17.4. The van der Waals surface area contributed by atoms with Crippen LogP contribution in [-0.2, 0) is 4.74 Å². The van der Waals surface area contributed by atoms with Crippen LogP contribution in [0.2, 0.25) is 0 Å². The third-order valence-corrected chi connectivity index (χ3v) is 6.50. The van der Waals surface area contributed by atoms with E-state index in [0.29, 0.717) is 41.7 Å². The van der Waals surface area contributed by atoms with Gasteiger partial charge in [-0.1, -0.05) is 0 Å². The third-order valence-electron chi connectivity index (χ3n) is 6.50. The van der Waals surface area contributed by atoms with Crippen molar-refractivity contribution in [2.75, 3.05) is 39.2 Å². The molecule has 1 atom stereocenters. The minimum absolute atomic E-state index is 0.00389. The lowest BCUT2D eigenvalue weighted by Crippen LogP contribution is -2.32. The van der Waals surface area contributed by atoms with Gasteiger partial charge in [0.1, 0.15) is 0 Å². The third kappa shape index (κ3) is 4.61. The summed E-state index contributed by atoms with van der Waals surface area (Å²) in [7, 11) is 3.27. The molecule has 1 aliphatic heterocycles. The number of imidazole rings is 1. The number of carbonyl (C=O) groups excluding carboxylic acids is 1. The van der Waals surface area contributed by atoms with E-state index in [2.05, 4.69) is 15.3 Å². The first-order valence-corrected chi connectivity index (χ1v) is 11.8. The molecule has 2 aromatic heterocycles. The molecule has 1 saturated heterocycles. The zero-order valence-corrected chi connectivity index (χ0v) is 20.5. The SMILES string of the molecule is COc1ccc(-c2cnc3c(Nc4ccc(C(=O)N(C)CC5CCOC5)c(C)c4)nccn23)cc1F. The van der Waals surface area contributed by atoms with Crippen molar-refractivity contribution in [1.82, 2.24) is 19.3 Å². The number of anilines is 2. The summed E-state index contributed by atoms with van der Waals surface area (Å²) in [5, 5.41) is 3.31. The molecule has 1 amide bonds. The molecular formula is C27H28FN5O3. The largest absolute Gasteiger partial charge is 0.494 e. The molecular weight excluding hydrogens is 461 g/mol. The molecule has 0 radical (unpaired) electrons. The van der Waals surface area contributed by atoms with Gasteiger partial charge in [0.25, 0.3) is 5.91 Å². The number of amides is 1. The van der Waals surface area contributed by atoms with Gasteiger partial charge in [0.2, 0.25) is 0 Å². The number of rotatable bonds is 7. The van der Waals surface area contributed by atoms with Crippen molar-refractivity contribution in [2.45, 2.75) is 13.3 Å². The van der Waals surface area contributed by atoms with Gasteiger partial charge in [-0.3, -0.25) is 9.20 Å². The molecule has 9 heteroatoms. The Hall–Kier alpha value is -3.98. The Kier molecular flexibility index (Phi) is 6.56. The fourth-order valence-corrected chi connectivity index (χ4v) is 4.57. The molecule has 1 unspecified atom stereocenters. The predicted molar refractivity (Wildman–Crippen MR) is 135 cm³/mol. The Morgan fingerprint density at radius 1 is 1.28 bits per heavy atom. The van der Waals surface area contributed by atoms with Crippen LogP contribution >= 0.6 is 0 Å². The monoisotopic (exact) mass is 489 g/mol. The van der Waals surface area contributed by atoms with Gasteiger partial charge in [0.05, 0.1) is 25.6 Å². The average molecular weight is 490 g/mol. The highest BCUT2D eigenvalue weighted by atomic mass is 19.1. The minimum Gasteiger partial charge on any atom is -0.494 e. The van der Waals surface area contributed by atoms with Gasteiger partial charge in [0, 0.05) is 55.3 Å². The summed E-state index contributed by atoms with van der Waals surface area (Å²) < 4.78 is 26.6. The topological polar surface area (TPSA) is 81.0 Å². The summed E-state index contributed by atoms with van der Waals surface area (Å²) in [4.78, 5) is 23.7. The van der Waals surface area contributed by atoms with E-state index in [9.17, 15) is 9.18 Å². The van der Waals surface area contributed by atoms with Gasteiger partial charge in [-0.05, 0) is 55.3 Å². The van der Waals surface area contributed by atoms with Crippen LogP contribution < -0.4 is 10.1 Å². The summed E-state index contributed by atoms with van der Waals surface area (Å²) in [6.07, 6.45) is 6.11. The molecule has 36 heavy (non-hydrogen) atoms. The van der Waals surface area contributed by atoms with E-state index in [1.54, 1.807) is 35.6 Å². The number of aromatic nitrogens is 3. The van der Waals surface area contributed by atoms with Crippen LogP contribution in [0.1, 0.15) is 22.3 Å². The first-order valence-electron chi connectivity index (χ1n) is 11.8. The summed E-state index contributed by atoms with van der Waals surface area (Å²) in [5.41, 5.74) is 4.31. The van der Waals surface area contributed by atoms with Gasteiger partial charge in [-0.25, -0.2) is 14.4 Å². The molecule has 0 aliphatic carbocycles. The predicted octanol–water partition coefficient (Wildman–Crippen LogP) is 4.70. The van der Waals surface area contributed by atoms with Gasteiger partial charge >= 0.3 is 0 Å². The molecule has 1 N–H and O–H groups in total. The first kappa shape index (κ1) is 23.7. The second-order valence-corrected chi connectivity index (χ2v) is 9.03. The Balaban J connectivity index is 1.37. The lowest BCUT2D eigenvalue weighted by atomic mass is 10.0. The van der Waals surface area contributed by atoms with Crippen LogP contribution in [0.4, 0.5) is 15.9 Å². The van der Waals surface area contributed by atoms with Crippen LogP contribution in [0, 0.1) is 18.7 Å². The molecule has 1 fully saturated rings. The van der Waals surface area contributed by atoms with Crippen molar-refractivity contribution in [1.29, 1.82) is 0 Å². The Morgan fingerprint density at radius 3 is 2.86 bits per heavy atom. The molecule has 4 aromatic rings. The van der Waals surface area contributed by atoms with Gasteiger partial charge in [-0.2, -0.15) is 0 Å². The average Bonchev–Trinajstić information content (AvgIpc) is 3.54. The summed E-state index contributed by atoms with van der Waals surface area (Å²) in [6, 6.07) is 10.4. The maximum Gasteiger partial charge on any atom is 0.253 e. The van der Waals surface area contributed by atoms with E-state index in [0.717, 1.165) is 30.0 Å². The summed E-state index contributed by atoms with van der Waals surface area (Å²) >= 11 is 0. The second kappa shape index (κ2) is 9.94. The van der Waals surface area contributed by atoms with Crippen molar-refractivity contribution >= 4 is 23.1 Å². The second-order valence-electron chi connectivity index (χ2n) is 9.03. The normalized spacial score (nSPS) is 15.3. The number of nitrogens with zero attached hydrogens (tertiary/aromatic N) is 4. The number of hydrogen-bond acceptors (Lipinski definition) is 6. The van der Waals surface area contributed by atoms with Crippen LogP contribution in [0.3, 0.4) is 0 Å². The Labute approximate surface area is 208 Å². The van der Waals surface area contributed by atoms with E-state index >= 15 is 0 Å². The molecule has 0 saturated carbocycles. The lowest BCUT2D eigenvalue weighted by molar-refractivity contribution is 0.0765. The lowest BCUT2D eigenvalue weighted by Gasteiger charge is -2.21. The molecule has 3 heterocycles. The summed E-state index contributed by atoms with van der Waals surface area (Å²) in [6.45, 7) is 4.08. The molecule has 186 valence electrons. The highest BCUT2D eigenvalue weighted by Gasteiger charge is 2.22. The number of hydrogen-bond donors (Lipinski definition) is 1. The number of carbonyl (C=O) groups is 1. The standard InChI is InChI=1S/C27H28FN5O3/c1-17-12-20(5-6-21(17)27(34)32(2)15-18-8-11-36-16-18)31-25-26-30-14-23(33(26)10-9-29-25)19-4-7-24(35-3)22(28)13-19/h4-7,9-10,12-14,18H,8,11,15-16H2,1-3H3,(H,29,31). The number of halogens is 1. The van der Waals surface area contributed by atoms with Gasteiger partial charge in [0.15, 0.2) is 23.0 Å². The maximum absolute atomic E-state index is 14.3. The van der Waals surface area contributed by atoms with Crippen molar-refractivity contribution in [3.63, 3.8) is 0 Å². The molecule has 2 aromatic carbocycles. The van der Waals surface area contributed by atoms with Crippen molar-refractivity contribution in [3.05, 3.63) is 71.9 Å². The van der Waals surface area contributed by atoms with Gasteiger partial charge in [-0.15, -0.1) is 0 Å². The van der Waals surface area contributed by atoms with Crippen LogP contribution in [-0.4, -0.2) is 59.1 Å². The zero-order valence-electron chi connectivity index (χ0n) is 20.5. The van der Waals surface area contributed by atoms with Gasteiger partial charge < -0.3 is 19.7 Å². The van der Waals surface area contributed by atoms with Crippen LogP contribution in [0.15, 0.2) is 55.0 Å². The van der Waals surface area contributed by atoms with E-state index in [4.69, 9.17) is 9.47 Å². The molecule has 1 aliphatic rings. The molecule has 5 rings (SSSR count). The fourth-order valence-electron chi connectivity index (χ4n) is 4.57. The summed E-state index contributed by atoms with van der Waals surface area (Å²) in [5.74, 6) is 0.684. The van der Waals surface area contributed by atoms with Crippen molar-refractivity contribution < 1.29 is 18.7 Å². The van der Waals surface area contributed by atoms with E-state index in [-0.39, 0.29) is 11.7 Å². The highest BCUT2D eigenvalue weighted by Crippen LogP contribution is 2.29. The van der Waals surface area contributed by atoms with Crippen LogP contribution in [0.25, 0.3) is 16.9 Å². The smallest absolute Gasteiger partial charge is 0.253 e. The Bertz CT molecular complexity index is 1410. The number of benzene rings is 2.